The van der Waals surface area contributed by atoms with Crippen molar-refractivity contribution in [1.29, 1.82) is 0 Å². The van der Waals surface area contributed by atoms with E-state index in [1.54, 1.807) is 30.3 Å². The minimum absolute atomic E-state index is 0.0779. The smallest absolute Gasteiger partial charge is 0.326 e. The van der Waals surface area contributed by atoms with Crippen molar-refractivity contribution in [2.45, 2.75) is 63.2 Å². The van der Waals surface area contributed by atoms with Crippen LogP contribution >= 0.6 is 0 Å². The second-order valence-corrected chi connectivity index (χ2v) is 7.96. The Balaban J connectivity index is 2.07. The highest BCUT2D eigenvalue weighted by molar-refractivity contribution is 5.94. The summed E-state index contributed by atoms with van der Waals surface area (Å²) in [5, 5.41) is 28.7. The summed E-state index contributed by atoms with van der Waals surface area (Å²) in [7, 11) is 0. The van der Waals surface area contributed by atoms with Crippen molar-refractivity contribution >= 4 is 29.7 Å². The van der Waals surface area contributed by atoms with E-state index in [1.165, 1.54) is 6.92 Å². The van der Waals surface area contributed by atoms with Gasteiger partial charge in [-0.05, 0) is 38.3 Å². The van der Waals surface area contributed by atoms with Crippen LogP contribution in [0.1, 0.15) is 38.2 Å². The topological polar surface area (TPSA) is 174 Å². The van der Waals surface area contributed by atoms with Gasteiger partial charge >= 0.3 is 11.9 Å². The van der Waals surface area contributed by atoms with Crippen LogP contribution in [-0.2, 0) is 30.4 Å². The molecule has 1 aromatic carbocycles. The SMILES string of the molecule is CC(NC(=O)C1CCCN1)C(=O)NC(Cc1ccccc1)C(=O)NC(CCC(=O)O)C(=O)O. The molecule has 0 radical (unpaired) electrons. The van der Waals surface area contributed by atoms with E-state index in [0.29, 0.717) is 6.42 Å². The van der Waals surface area contributed by atoms with Gasteiger partial charge in [0.25, 0.3) is 0 Å². The molecule has 0 bridgehead atoms. The third-order valence-corrected chi connectivity index (χ3v) is 5.31. The van der Waals surface area contributed by atoms with E-state index in [0.717, 1.165) is 18.5 Å². The zero-order valence-corrected chi connectivity index (χ0v) is 18.4. The summed E-state index contributed by atoms with van der Waals surface area (Å²) in [6.07, 6.45) is 0.875. The van der Waals surface area contributed by atoms with Gasteiger partial charge in [0.05, 0.1) is 6.04 Å². The van der Waals surface area contributed by atoms with Crippen LogP contribution in [0.25, 0.3) is 0 Å². The second kappa shape index (κ2) is 12.5. The minimum Gasteiger partial charge on any atom is -0.481 e. The molecule has 11 heteroatoms. The molecule has 1 heterocycles. The maximum atomic E-state index is 12.9. The lowest BCUT2D eigenvalue weighted by Crippen LogP contribution is -2.56. The Morgan fingerprint density at radius 1 is 1.00 bits per heavy atom. The largest absolute Gasteiger partial charge is 0.481 e. The maximum Gasteiger partial charge on any atom is 0.326 e. The third kappa shape index (κ3) is 8.53. The standard InChI is InChI=1S/C22H30N4O7/c1-13(24-20(30)15-8-5-11-23-15)19(29)26-17(12-14-6-3-2-4-7-14)21(31)25-16(22(32)33)9-10-18(27)28/h2-4,6-7,13,15-17,23H,5,8-12H2,1H3,(H,24,30)(H,25,31)(H,26,29)(H,27,28)(H,32,33). The van der Waals surface area contributed by atoms with Crippen LogP contribution in [0.4, 0.5) is 0 Å². The summed E-state index contributed by atoms with van der Waals surface area (Å²) in [5.74, 6) is -4.24. The molecule has 0 aliphatic carbocycles. The summed E-state index contributed by atoms with van der Waals surface area (Å²) >= 11 is 0. The number of nitrogens with one attached hydrogen (secondary N) is 4. The van der Waals surface area contributed by atoms with Gasteiger partial charge in [-0.2, -0.15) is 0 Å². The Kier molecular flexibility index (Phi) is 9.80. The second-order valence-electron chi connectivity index (χ2n) is 7.96. The Hall–Kier alpha value is -3.47. The molecular weight excluding hydrogens is 432 g/mol. The lowest BCUT2D eigenvalue weighted by atomic mass is 10.0. The fourth-order valence-corrected chi connectivity index (χ4v) is 3.44. The fraction of sp³-hybridized carbons (Fsp3) is 0.500. The van der Waals surface area contributed by atoms with Gasteiger partial charge in [0.1, 0.15) is 18.1 Å². The van der Waals surface area contributed by atoms with Gasteiger partial charge in [0, 0.05) is 12.8 Å². The Morgan fingerprint density at radius 2 is 1.67 bits per heavy atom. The predicted octanol–water partition coefficient (Wildman–Crippen LogP) is -0.595. The molecule has 0 saturated carbocycles. The van der Waals surface area contributed by atoms with Gasteiger partial charge in [0.15, 0.2) is 0 Å². The molecule has 1 aliphatic rings. The van der Waals surface area contributed by atoms with E-state index in [9.17, 15) is 29.1 Å². The quantitative estimate of drug-likeness (QED) is 0.239. The van der Waals surface area contributed by atoms with E-state index in [1.807, 2.05) is 0 Å². The molecule has 1 saturated heterocycles. The highest BCUT2D eigenvalue weighted by Gasteiger charge is 2.30. The first-order chi connectivity index (χ1) is 15.7. The Morgan fingerprint density at radius 3 is 2.24 bits per heavy atom. The number of hydrogen-bond acceptors (Lipinski definition) is 6. The van der Waals surface area contributed by atoms with Gasteiger partial charge in [-0.15, -0.1) is 0 Å². The van der Waals surface area contributed by atoms with Gasteiger partial charge in [-0.3, -0.25) is 19.2 Å². The molecule has 3 amide bonds. The van der Waals surface area contributed by atoms with Crippen molar-refractivity contribution in [2.75, 3.05) is 6.54 Å². The Bertz CT molecular complexity index is 856. The van der Waals surface area contributed by atoms with Crippen molar-refractivity contribution in [3.05, 3.63) is 35.9 Å². The van der Waals surface area contributed by atoms with Gasteiger partial charge in [-0.25, -0.2) is 4.79 Å². The molecule has 6 N–H and O–H groups in total. The van der Waals surface area contributed by atoms with Crippen LogP contribution in [-0.4, -0.2) is 70.6 Å². The number of aliphatic carboxylic acids is 2. The van der Waals surface area contributed by atoms with Crippen LogP contribution in [0.15, 0.2) is 30.3 Å². The molecule has 1 fully saturated rings. The molecule has 0 spiro atoms. The molecule has 1 aromatic rings. The average Bonchev–Trinajstić information content (AvgIpc) is 3.31. The van der Waals surface area contributed by atoms with Crippen LogP contribution in [0, 0.1) is 0 Å². The van der Waals surface area contributed by atoms with Crippen LogP contribution < -0.4 is 21.3 Å². The number of benzene rings is 1. The minimum atomic E-state index is -1.42. The highest BCUT2D eigenvalue weighted by atomic mass is 16.4. The highest BCUT2D eigenvalue weighted by Crippen LogP contribution is 2.07. The van der Waals surface area contributed by atoms with Gasteiger partial charge < -0.3 is 31.5 Å². The first-order valence-electron chi connectivity index (χ1n) is 10.8. The van der Waals surface area contributed by atoms with E-state index in [4.69, 9.17) is 5.11 Å². The predicted molar refractivity (Wildman–Crippen MR) is 117 cm³/mol. The molecule has 1 aliphatic heterocycles. The van der Waals surface area contributed by atoms with E-state index >= 15 is 0 Å². The van der Waals surface area contributed by atoms with Crippen LogP contribution in [0.2, 0.25) is 0 Å². The lowest BCUT2D eigenvalue weighted by molar-refractivity contribution is -0.143. The molecule has 0 aromatic heterocycles. The number of carbonyl (C=O) groups excluding carboxylic acids is 3. The fourth-order valence-electron chi connectivity index (χ4n) is 3.44. The first-order valence-corrected chi connectivity index (χ1v) is 10.8. The zero-order valence-electron chi connectivity index (χ0n) is 18.4. The summed E-state index contributed by atoms with van der Waals surface area (Å²) in [5.41, 5.74) is 0.724. The summed E-state index contributed by atoms with van der Waals surface area (Å²) in [6, 6.07) is 4.98. The van der Waals surface area contributed by atoms with Gasteiger partial charge in [0.2, 0.25) is 17.7 Å². The number of carbonyl (C=O) groups is 5. The van der Waals surface area contributed by atoms with Gasteiger partial charge in [-0.1, -0.05) is 30.3 Å². The molecule has 2 rings (SSSR count). The van der Waals surface area contributed by atoms with Crippen molar-refractivity contribution < 1.29 is 34.2 Å². The maximum absolute atomic E-state index is 12.9. The molecule has 11 nitrogen and oxygen atoms in total. The number of amides is 3. The number of carboxylic acids is 2. The number of hydrogen-bond donors (Lipinski definition) is 6. The summed E-state index contributed by atoms with van der Waals surface area (Å²) in [6.45, 7) is 2.22. The normalized spacial score (nSPS) is 17.9. The van der Waals surface area contributed by atoms with Crippen molar-refractivity contribution in [3.8, 4) is 0 Å². The summed E-state index contributed by atoms with van der Waals surface area (Å²) < 4.78 is 0. The van der Waals surface area contributed by atoms with E-state index in [-0.39, 0.29) is 24.8 Å². The summed E-state index contributed by atoms with van der Waals surface area (Å²) in [4.78, 5) is 60.1. The molecule has 4 atom stereocenters. The first kappa shape index (κ1) is 25.8. The number of carboxylic acid groups (broad SMARTS) is 2. The lowest BCUT2D eigenvalue weighted by Gasteiger charge is -2.24. The van der Waals surface area contributed by atoms with Crippen molar-refractivity contribution in [1.82, 2.24) is 21.3 Å². The number of rotatable bonds is 12. The average molecular weight is 463 g/mol. The zero-order chi connectivity index (χ0) is 24.4. The van der Waals surface area contributed by atoms with Crippen LogP contribution in [0.3, 0.4) is 0 Å². The molecule has 180 valence electrons. The monoisotopic (exact) mass is 462 g/mol. The van der Waals surface area contributed by atoms with Crippen LogP contribution in [0.5, 0.6) is 0 Å². The van der Waals surface area contributed by atoms with Crippen molar-refractivity contribution in [3.63, 3.8) is 0 Å². The molecular formula is C22H30N4O7. The van der Waals surface area contributed by atoms with E-state index < -0.39 is 48.3 Å². The van der Waals surface area contributed by atoms with E-state index in [2.05, 4.69) is 21.3 Å². The molecule has 4 unspecified atom stereocenters. The van der Waals surface area contributed by atoms with Crippen molar-refractivity contribution in [2.24, 2.45) is 0 Å². The third-order valence-electron chi connectivity index (χ3n) is 5.31. The molecule has 33 heavy (non-hydrogen) atoms. The Labute approximate surface area is 191 Å².